The summed E-state index contributed by atoms with van der Waals surface area (Å²) in [5.74, 6) is 0.394. The summed E-state index contributed by atoms with van der Waals surface area (Å²) < 4.78 is 0. The first-order valence-corrected chi connectivity index (χ1v) is 10.5. The fourth-order valence-electron chi connectivity index (χ4n) is 4.49. The summed E-state index contributed by atoms with van der Waals surface area (Å²) in [4.78, 5) is 0. The van der Waals surface area contributed by atoms with Gasteiger partial charge in [0.1, 0.15) is 11.5 Å². The van der Waals surface area contributed by atoms with Crippen molar-refractivity contribution in [2.45, 2.75) is 52.4 Å². The van der Waals surface area contributed by atoms with Crippen molar-refractivity contribution in [1.82, 2.24) is 0 Å². The first kappa shape index (κ1) is 20.3. The molecule has 2 N–H and O–H groups in total. The van der Waals surface area contributed by atoms with E-state index in [0.717, 1.165) is 32.7 Å². The van der Waals surface area contributed by atoms with E-state index >= 15 is 0 Å². The molecule has 0 aliphatic carbocycles. The summed E-state index contributed by atoms with van der Waals surface area (Å²) in [5.41, 5.74) is 3.33. The van der Waals surface area contributed by atoms with E-state index in [1.807, 2.05) is 48.5 Å². The third kappa shape index (κ3) is 3.21. The highest BCUT2D eigenvalue weighted by Gasteiger charge is 2.26. The maximum atomic E-state index is 11.2. The number of phenols is 2. The van der Waals surface area contributed by atoms with E-state index < -0.39 is 0 Å². The van der Waals surface area contributed by atoms with Crippen molar-refractivity contribution in [3.8, 4) is 22.6 Å². The molecule has 0 amide bonds. The summed E-state index contributed by atoms with van der Waals surface area (Å²) in [6.45, 7) is 12.9. The van der Waals surface area contributed by atoms with Gasteiger partial charge < -0.3 is 10.2 Å². The zero-order valence-corrected chi connectivity index (χ0v) is 18.7. The molecule has 0 radical (unpaired) electrons. The van der Waals surface area contributed by atoms with Gasteiger partial charge >= 0.3 is 0 Å². The molecule has 4 aromatic carbocycles. The van der Waals surface area contributed by atoms with Gasteiger partial charge in [0.25, 0.3) is 0 Å². The smallest absolute Gasteiger partial charge is 0.124 e. The summed E-state index contributed by atoms with van der Waals surface area (Å²) in [6.07, 6.45) is 0. The minimum absolute atomic E-state index is 0.115. The maximum absolute atomic E-state index is 11.2. The van der Waals surface area contributed by atoms with Crippen molar-refractivity contribution >= 4 is 21.5 Å². The SMILES string of the molecule is CC(C)(C)c1cc(O)c(-c2c(O)cc(C(C)(C)C)c3ccccc23)c2ccccc12. The molecule has 2 heteroatoms. The van der Waals surface area contributed by atoms with Gasteiger partial charge in [-0.2, -0.15) is 0 Å². The van der Waals surface area contributed by atoms with Gasteiger partial charge in [-0.05, 0) is 55.6 Å². The van der Waals surface area contributed by atoms with Gasteiger partial charge in [-0.25, -0.2) is 0 Å². The topological polar surface area (TPSA) is 40.5 Å². The van der Waals surface area contributed by atoms with Gasteiger partial charge in [0, 0.05) is 11.1 Å². The Morgan fingerprint density at radius 3 is 1.10 bits per heavy atom. The largest absolute Gasteiger partial charge is 0.507 e. The van der Waals surface area contributed by atoms with Crippen LogP contribution in [0.3, 0.4) is 0 Å². The molecule has 0 saturated heterocycles. The lowest BCUT2D eigenvalue weighted by molar-refractivity contribution is 0.466. The molecule has 4 rings (SSSR count). The number of rotatable bonds is 1. The molecule has 30 heavy (non-hydrogen) atoms. The molecular weight excluding hydrogens is 368 g/mol. The molecule has 0 fully saturated rings. The Hall–Kier alpha value is -3.00. The number of hydrogen-bond acceptors (Lipinski definition) is 2. The number of phenolic OH excluding ortho intramolecular Hbond substituents is 2. The maximum Gasteiger partial charge on any atom is 0.124 e. The fraction of sp³-hybridized carbons (Fsp3) is 0.286. The van der Waals surface area contributed by atoms with E-state index in [2.05, 4.69) is 53.7 Å². The minimum Gasteiger partial charge on any atom is -0.507 e. The molecule has 0 aliphatic heterocycles. The molecule has 0 saturated carbocycles. The molecule has 154 valence electrons. The first-order valence-electron chi connectivity index (χ1n) is 10.5. The molecule has 0 aliphatic rings. The van der Waals surface area contributed by atoms with Crippen LogP contribution in [-0.4, -0.2) is 10.2 Å². The van der Waals surface area contributed by atoms with Crippen LogP contribution in [0.1, 0.15) is 52.7 Å². The standard InChI is InChI=1S/C28H30O2/c1-27(2,3)21-15-23(29)25(19-13-9-7-11-17(19)21)26-20-14-10-8-12-18(20)22(16-24(26)30)28(4,5)6/h7-16,29-30H,1-6H3. The third-order valence-corrected chi connectivity index (χ3v) is 5.91. The summed E-state index contributed by atoms with van der Waals surface area (Å²) >= 11 is 0. The van der Waals surface area contributed by atoms with Crippen LogP contribution in [0.4, 0.5) is 0 Å². The van der Waals surface area contributed by atoms with Crippen LogP contribution in [-0.2, 0) is 10.8 Å². The Balaban J connectivity index is 2.18. The minimum atomic E-state index is -0.115. The Labute approximate surface area is 178 Å². The molecule has 0 aromatic heterocycles. The van der Waals surface area contributed by atoms with Crippen molar-refractivity contribution in [1.29, 1.82) is 0 Å². The van der Waals surface area contributed by atoms with Crippen LogP contribution in [0.5, 0.6) is 11.5 Å². The molecule has 0 bridgehead atoms. The number of fused-ring (bicyclic) bond motifs is 2. The number of hydrogen-bond donors (Lipinski definition) is 2. The Kier molecular flexibility index (Phi) is 4.58. The fourth-order valence-corrected chi connectivity index (χ4v) is 4.49. The second-order valence-corrected chi connectivity index (χ2v) is 10.2. The van der Waals surface area contributed by atoms with Gasteiger partial charge in [0.05, 0.1) is 0 Å². The predicted molar refractivity (Wildman–Crippen MR) is 128 cm³/mol. The summed E-state index contributed by atoms with van der Waals surface area (Å²) in [6, 6.07) is 20.0. The highest BCUT2D eigenvalue weighted by Crippen LogP contribution is 2.49. The van der Waals surface area contributed by atoms with Crippen molar-refractivity contribution in [2.75, 3.05) is 0 Å². The molecule has 4 aromatic rings. The van der Waals surface area contributed by atoms with Gasteiger partial charge in [0.15, 0.2) is 0 Å². The summed E-state index contributed by atoms with van der Waals surface area (Å²) in [7, 11) is 0. The monoisotopic (exact) mass is 398 g/mol. The van der Waals surface area contributed by atoms with Crippen LogP contribution >= 0.6 is 0 Å². The lowest BCUT2D eigenvalue weighted by atomic mass is 9.79. The Morgan fingerprint density at radius 1 is 0.500 bits per heavy atom. The number of aromatic hydroxyl groups is 2. The number of benzene rings is 4. The van der Waals surface area contributed by atoms with E-state index in [1.165, 1.54) is 0 Å². The quantitative estimate of drug-likeness (QED) is 0.345. The van der Waals surface area contributed by atoms with E-state index in [9.17, 15) is 10.2 Å². The lowest BCUT2D eigenvalue weighted by Gasteiger charge is -2.26. The zero-order valence-electron chi connectivity index (χ0n) is 18.7. The molecule has 0 atom stereocenters. The average molecular weight is 399 g/mol. The highest BCUT2D eigenvalue weighted by molar-refractivity contribution is 6.11. The van der Waals surface area contributed by atoms with Crippen LogP contribution in [0.25, 0.3) is 32.7 Å². The van der Waals surface area contributed by atoms with Crippen LogP contribution in [0, 0.1) is 0 Å². The molecule has 0 unspecified atom stereocenters. The third-order valence-electron chi connectivity index (χ3n) is 5.91. The lowest BCUT2D eigenvalue weighted by Crippen LogP contribution is -2.12. The second-order valence-electron chi connectivity index (χ2n) is 10.2. The van der Waals surface area contributed by atoms with E-state index in [0.29, 0.717) is 11.1 Å². The normalized spacial score (nSPS) is 12.6. The van der Waals surface area contributed by atoms with Crippen LogP contribution in [0.2, 0.25) is 0 Å². The van der Waals surface area contributed by atoms with Crippen molar-refractivity contribution < 1.29 is 10.2 Å². The van der Waals surface area contributed by atoms with Crippen molar-refractivity contribution in [2.24, 2.45) is 0 Å². The van der Waals surface area contributed by atoms with Crippen LogP contribution in [0.15, 0.2) is 60.7 Å². The average Bonchev–Trinajstić information content (AvgIpc) is 2.66. The first-order chi connectivity index (χ1) is 14.0. The summed E-state index contributed by atoms with van der Waals surface area (Å²) in [5, 5.41) is 26.5. The Morgan fingerprint density at radius 2 is 0.800 bits per heavy atom. The Bertz CT molecular complexity index is 1170. The van der Waals surface area contributed by atoms with E-state index in [4.69, 9.17) is 0 Å². The van der Waals surface area contributed by atoms with Crippen LogP contribution < -0.4 is 0 Å². The van der Waals surface area contributed by atoms with E-state index in [1.54, 1.807) is 0 Å². The molecule has 0 heterocycles. The van der Waals surface area contributed by atoms with Gasteiger partial charge in [-0.3, -0.25) is 0 Å². The molecular formula is C28H30O2. The van der Waals surface area contributed by atoms with Crippen molar-refractivity contribution in [3.63, 3.8) is 0 Å². The van der Waals surface area contributed by atoms with Gasteiger partial charge in [-0.1, -0.05) is 90.1 Å². The molecule has 0 spiro atoms. The predicted octanol–water partition coefficient (Wildman–Crippen LogP) is 7.67. The van der Waals surface area contributed by atoms with Gasteiger partial charge in [-0.15, -0.1) is 0 Å². The second kappa shape index (κ2) is 6.77. The van der Waals surface area contributed by atoms with Crippen molar-refractivity contribution in [3.05, 3.63) is 71.8 Å². The van der Waals surface area contributed by atoms with Gasteiger partial charge in [0.2, 0.25) is 0 Å². The zero-order chi connectivity index (χ0) is 21.8. The van der Waals surface area contributed by atoms with E-state index in [-0.39, 0.29) is 22.3 Å². The molecule has 2 nitrogen and oxygen atoms in total. The highest BCUT2D eigenvalue weighted by atomic mass is 16.3.